The van der Waals surface area contributed by atoms with E-state index < -0.39 is 11.6 Å². The number of benzene rings is 1. The Kier molecular flexibility index (Phi) is 5.02. The van der Waals surface area contributed by atoms with Crippen LogP contribution in [0.25, 0.3) is 0 Å². The van der Waals surface area contributed by atoms with Crippen LogP contribution in [0.15, 0.2) is 12.1 Å². The molecule has 1 N–H and O–H groups in total. The van der Waals surface area contributed by atoms with E-state index in [2.05, 4.69) is 5.32 Å². The lowest BCUT2D eigenvalue weighted by molar-refractivity contribution is 0.362. The van der Waals surface area contributed by atoms with E-state index in [4.69, 9.17) is 0 Å². The first kappa shape index (κ1) is 14.1. The van der Waals surface area contributed by atoms with E-state index in [-0.39, 0.29) is 6.04 Å². The number of nitrogens with one attached hydrogen (secondary N) is 1. The summed E-state index contributed by atoms with van der Waals surface area (Å²) < 4.78 is 27.3. The van der Waals surface area contributed by atoms with Crippen molar-refractivity contribution in [1.29, 1.82) is 0 Å². The van der Waals surface area contributed by atoms with Gasteiger partial charge in [0.25, 0.3) is 0 Å². The molecular formula is C13H20F2N2. The zero-order chi connectivity index (χ0) is 13.0. The van der Waals surface area contributed by atoms with Crippen LogP contribution in [0.1, 0.15) is 23.6 Å². The lowest BCUT2D eigenvalue weighted by Gasteiger charge is -2.20. The predicted octanol–water partition coefficient (Wildman–Crippen LogP) is 2.49. The molecule has 0 bridgehead atoms. The summed E-state index contributed by atoms with van der Waals surface area (Å²) in [6.07, 6.45) is 0.739. The Morgan fingerprint density at radius 2 is 1.88 bits per heavy atom. The standard InChI is InChI=1S/C13H20F2N2/c1-9-5-6-10(13(15)12(9)14)11(16-2)7-8-17(3)4/h5-6,11,16H,7-8H2,1-4H3. The Morgan fingerprint density at radius 3 is 2.41 bits per heavy atom. The van der Waals surface area contributed by atoms with Crippen LogP contribution >= 0.6 is 0 Å². The van der Waals surface area contributed by atoms with Crippen LogP contribution in [0, 0.1) is 18.6 Å². The minimum atomic E-state index is -0.743. The molecule has 4 heteroatoms. The third-order valence-electron chi connectivity index (χ3n) is 2.89. The van der Waals surface area contributed by atoms with Gasteiger partial charge in [-0.05, 0) is 46.6 Å². The number of hydrogen-bond acceptors (Lipinski definition) is 2. The lowest BCUT2D eigenvalue weighted by atomic mass is 10.0. The predicted molar refractivity (Wildman–Crippen MR) is 66.1 cm³/mol. The fourth-order valence-electron chi connectivity index (χ4n) is 1.77. The quantitative estimate of drug-likeness (QED) is 0.853. The molecule has 0 aromatic heterocycles. The van der Waals surface area contributed by atoms with Gasteiger partial charge in [0, 0.05) is 11.6 Å². The summed E-state index contributed by atoms with van der Waals surface area (Å²) in [7, 11) is 5.68. The van der Waals surface area contributed by atoms with Crippen LogP contribution in [0.2, 0.25) is 0 Å². The first-order chi connectivity index (χ1) is 7.97. The Bertz CT molecular complexity index is 378. The topological polar surface area (TPSA) is 15.3 Å². The van der Waals surface area contributed by atoms with Gasteiger partial charge in [0.05, 0.1) is 0 Å². The van der Waals surface area contributed by atoms with Crippen LogP contribution < -0.4 is 5.32 Å². The Morgan fingerprint density at radius 1 is 1.24 bits per heavy atom. The minimum Gasteiger partial charge on any atom is -0.313 e. The van der Waals surface area contributed by atoms with Crippen molar-refractivity contribution in [2.24, 2.45) is 0 Å². The van der Waals surface area contributed by atoms with Crippen molar-refractivity contribution in [3.63, 3.8) is 0 Å². The van der Waals surface area contributed by atoms with Crippen molar-refractivity contribution in [2.75, 3.05) is 27.7 Å². The van der Waals surface area contributed by atoms with Gasteiger partial charge in [-0.15, -0.1) is 0 Å². The summed E-state index contributed by atoms with van der Waals surface area (Å²) in [5, 5.41) is 3.03. The van der Waals surface area contributed by atoms with Crippen molar-refractivity contribution >= 4 is 0 Å². The normalized spacial score (nSPS) is 13.1. The molecule has 0 aliphatic carbocycles. The summed E-state index contributed by atoms with van der Waals surface area (Å²) in [6, 6.07) is 3.12. The summed E-state index contributed by atoms with van der Waals surface area (Å²) >= 11 is 0. The van der Waals surface area contributed by atoms with Crippen LogP contribution in [0.5, 0.6) is 0 Å². The largest absolute Gasteiger partial charge is 0.313 e. The summed E-state index contributed by atoms with van der Waals surface area (Å²) in [6.45, 7) is 2.39. The maximum absolute atomic E-state index is 13.8. The summed E-state index contributed by atoms with van der Waals surface area (Å²) in [5.74, 6) is -1.48. The molecule has 0 heterocycles. The van der Waals surface area contributed by atoms with Gasteiger partial charge in [0.1, 0.15) is 0 Å². The van der Waals surface area contributed by atoms with Crippen LogP contribution in [-0.4, -0.2) is 32.6 Å². The fraction of sp³-hybridized carbons (Fsp3) is 0.538. The van der Waals surface area contributed by atoms with E-state index in [1.807, 2.05) is 19.0 Å². The van der Waals surface area contributed by atoms with Crippen molar-refractivity contribution in [2.45, 2.75) is 19.4 Å². The molecule has 96 valence electrons. The summed E-state index contributed by atoms with van der Waals surface area (Å²) in [5.41, 5.74) is 0.742. The van der Waals surface area contributed by atoms with E-state index in [1.54, 1.807) is 26.1 Å². The highest BCUT2D eigenvalue weighted by atomic mass is 19.2. The third-order valence-corrected chi connectivity index (χ3v) is 2.89. The molecule has 0 amide bonds. The molecule has 1 aromatic carbocycles. The lowest BCUT2D eigenvalue weighted by Crippen LogP contribution is -2.24. The van der Waals surface area contributed by atoms with Crippen LogP contribution in [0.3, 0.4) is 0 Å². The number of nitrogens with zero attached hydrogens (tertiary/aromatic N) is 1. The van der Waals surface area contributed by atoms with Crippen molar-refractivity contribution in [3.05, 3.63) is 34.9 Å². The number of rotatable bonds is 5. The average Bonchev–Trinajstić information content (AvgIpc) is 2.29. The van der Waals surface area contributed by atoms with Crippen LogP contribution in [0.4, 0.5) is 8.78 Å². The molecule has 0 spiro atoms. The molecule has 1 aromatic rings. The van der Waals surface area contributed by atoms with Crippen LogP contribution in [-0.2, 0) is 0 Å². The minimum absolute atomic E-state index is 0.160. The highest BCUT2D eigenvalue weighted by Crippen LogP contribution is 2.23. The molecule has 0 saturated heterocycles. The Balaban J connectivity index is 2.92. The molecule has 0 saturated carbocycles. The van der Waals surface area contributed by atoms with Crippen molar-refractivity contribution in [3.8, 4) is 0 Å². The molecule has 17 heavy (non-hydrogen) atoms. The summed E-state index contributed by atoms with van der Waals surface area (Å²) in [4.78, 5) is 2.02. The highest BCUT2D eigenvalue weighted by Gasteiger charge is 2.18. The van der Waals surface area contributed by atoms with Gasteiger partial charge < -0.3 is 10.2 Å². The molecule has 1 atom stereocenters. The van der Waals surface area contributed by atoms with Gasteiger partial charge in [-0.25, -0.2) is 8.78 Å². The number of halogens is 2. The van der Waals surface area contributed by atoms with Gasteiger partial charge >= 0.3 is 0 Å². The Hall–Kier alpha value is -1.00. The number of hydrogen-bond donors (Lipinski definition) is 1. The van der Waals surface area contributed by atoms with Crippen molar-refractivity contribution < 1.29 is 8.78 Å². The maximum atomic E-state index is 13.8. The second-order valence-electron chi connectivity index (χ2n) is 4.53. The van der Waals surface area contributed by atoms with Gasteiger partial charge in [0.15, 0.2) is 11.6 Å². The van der Waals surface area contributed by atoms with E-state index >= 15 is 0 Å². The smallest absolute Gasteiger partial charge is 0.163 e. The zero-order valence-electron chi connectivity index (χ0n) is 10.8. The van der Waals surface area contributed by atoms with Crippen molar-refractivity contribution in [1.82, 2.24) is 10.2 Å². The van der Waals surface area contributed by atoms with Gasteiger partial charge in [0.2, 0.25) is 0 Å². The maximum Gasteiger partial charge on any atom is 0.163 e. The fourth-order valence-corrected chi connectivity index (χ4v) is 1.77. The first-order valence-corrected chi connectivity index (χ1v) is 5.73. The van der Waals surface area contributed by atoms with Gasteiger partial charge in [-0.3, -0.25) is 0 Å². The number of aryl methyl sites for hydroxylation is 1. The van der Waals surface area contributed by atoms with Gasteiger partial charge in [-0.2, -0.15) is 0 Å². The molecule has 1 unspecified atom stereocenters. The van der Waals surface area contributed by atoms with E-state index in [1.165, 1.54) is 0 Å². The second-order valence-corrected chi connectivity index (χ2v) is 4.53. The molecule has 0 fully saturated rings. The van der Waals surface area contributed by atoms with E-state index in [0.29, 0.717) is 11.1 Å². The molecule has 0 aliphatic rings. The average molecular weight is 242 g/mol. The molecule has 0 aliphatic heterocycles. The SMILES string of the molecule is CNC(CCN(C)C)c1ccc(C)c(F)c1F. The van der Waals surface area contributed by atoms with E-state index in [9.17, 15) is 8.78 Å². The molecule has 1 rings (SSSR count). The molecular weight excluding hydrogens is 222 g/mol. The molecule has 0 radical (unpaired) electrons. The monoisotopic (exact) mass is 242 g/mol. The molecule has 2 nitrogen and oxygen atoms in total. The first-order valence-electron chi connectivity index (χ1n) is 5.73. The highest BCUT2D eigenvalue weighted by molar-refractivity contribution is 5.27. The van der Waals surface area contributed by atoms with Gasteiger partial charge in [-0.1, -0.05) is 12.1 Å². The second kappa shape index (κ2) is 6.07. The third kappa shape index (κ3) is 3.48. The van der Waals surface area contributed by atoms with E-state index in [0.717, 1.165) is 13.0 Å². The zero-order valence-corrected chi connectivity index (χ0v) is 10.8. The Labute approximate surface area is 102 Å².